The van der Waals surface area contributed by atoms with Crippen LogP contribution >= 0.6 is 0 Å². The first-order valence-corrected chi connectivity index (χ1v) is 7.63. The largest absolute Gasteiger partial charge is 0.481 e. The van der Waals surface area contributed by atoms with Crippen molar-refractivity contribution in [3.05, 3.63) is 0 Å². The zero-order valence-corrected chi connectivity index (χ0v) is 12.7. The van der Waals surface area contributed by atoms with E-state index in [-0.39, 0.29) is 19.2 Å². The van der Waals surface area contributed by atoms with Gasteiger partial charge in [0.2, 0.25) is 0 Å². The van der Waals surface area contributed by atoms with Crippen molar-refractivity contribution in [2.45, 2.75) is 32.4 Å². The van der Waals surface area contributed by atoms with Gasteiger partial charge in [-0.15, -0.1) is 0 Å². The highest BCUT2D eigenvalue weighted by Gasteiger charge is 2.36. The van der Waals surface area contributed by atoms with E-state index in [1.54, 1.807) is 4.90 Å². The number of carbonyl (C=O) groups excluding carboxylic acids is 1. The van der Waals surface area contributed by atoms with Gasteiger partial charge in [0, 0.05) is 32.2 Å². The average molecular weight is 299 g/mol. The molecule has 2 N–H and O–H groups in total. The average Bonchev–Trinajstić information content (AvgIpc) is 2.95. The van der Waals surface area contributed by atoms with Gasteiger partial charge in [0.15, 0.2) is 0 Å². The molecule has 2 aliphatic rings. The van der Waals surface area contributed by atoms with Crippen LogP contribution in [-0.2, 0) is 9.53 Å². The molecule has 2 amide bonds. The van der Waals surface area contributed by atoms with Gasteiger partial charge in [0.05, 0.1) is 19.3 Å². The normalized spacial score (nSPS) is 28.4. The summed E-state index contributed by atoms with van der Waals surface area (Å²) >= 11 is 0. The van der Waals surface area contributed by atoms with Crippen LogP contribution < -0.4 is 5.32 Å². The minimum Gasteiger partial charge on any atom is -0.481 e. The first kappa shape index (κ1) is 16.0. The van der Waals surface area contributed by atoms with Gasteiger partial charge in [-0.3, -0.25) is 9.69 Å². The molecule has 0 spiro atoms. The molecule has 0 aromatic carbocycles. The van der Waals surface area contributed by atoms with Crippen molar-refractivity contribution in [2.75, 3.05) is 39.4 Å². The molecule has 120 valence electrons. The number of hydrogen-bond acceptors (Lipinski definition) is 4. The Kier molecular flexibility index (Phi) is 5.41. The van der Waals surface area contributed by atoms with Crippen molar-refractivity contribution in [1.29, 1.82) is 0 Å². The van der Waals surface area contributed by atoms with Gasteiger partial charge < -0.3 is 20.1 Å². The highest BCUT2D eigenvalue weighted by Crippen LogP contribution is 2.15. The number of amides is 2. The van der Waals surface area contributed by atoms with Crippen LogP contribution in [0, 0.1) is 5.92 Å². The molecule has 0 aliphatic carbocycles. The minimum atomic E-state index is -0.917. The minimum absolute atomic E-state index is 0.169. The molecule has 2 aliphatic heterocycles. The van der Waals surface area contributed by atoms with Crippen LogP contribution in [0.5, 0.6) is 0 Å². The van der Waals surface area contributed by atoms with Crippen molar-refractivity contribution in [2.24, 2.45) is 5.92 Å². The monoisotopic (exact) mass is 299 g/mol. The van der Waals surface area contributed by atoms with Gasteiger partial charge >= 0.3 is 12.0 Å². The number of nitrogens with one attached hydrogen (secondary N) is 1. The van der Waals surface area contributed by atoms with Crippen molar-refractivity contribution >= 4 is 12.0 Å². The summed E-state index contributed by atoms with van der Waals surface area (Å²) in [7, 11) is 0. The molecule has 2 fully saturated rings. The van der Waals surface area contributed by atoms with Crippen LogP contribution in [0.2, 0.25) is 0 Å². The fourth-order valence-corrected chi connectivity index (χ4v) is 2.81. The highest BCUT2D eigenvalue weighted by molar-refractivity contribution is 5.77. The Hall–Kier alpha value is -1.34. The van der Waals surface area contributed by atoms with Crippen LogP contribution in [0.3, 0.4) is 0 Å². The van der Waals surface area contributed by atoms with Gasteiger partial charge in [0.1, 0.15) is 5.92 Å². The smallest absolute Gasteiger partial charge is 0.317 e. The Morgan fingerprint density at radius 2 is 1.95 bits per heavy atom. The summed E-state index contributed by atoms with van der Waals surface area (Å²) in [5, 5.41) is 11.9. The van der Waals surface area contributed by atoms with Crippen molar-refractivity contribution in [1.82, 2.24) is 15.1 Å². The lowest BCUT2D eigenvalue weighted by molar-refractivity contribution is -0.142. The predicted molar refractivity (Wildman–Crippen MR) is 77.2 cm³/mol. The third-order valence-corrected chi connectivity index (χ3v) is 4.52. The van der Waals surface area contributed by atoms with Gasteiger partial charge in [-0.05, 0) is 13.3 Å². The Balaban J connectivity index is 1.81. The number of urea groups is 1. The third kappa shape index (κ3) is 3.85. The van der Waals surface area contributed by atoms with Crippen molar-refractivity contribution < 1.29 is 19.4 Å². The van der Waals surface area contributed by atoms with Crippen LogP contribution in [-0.4, -0.2) is 78.4 Å². The standard InChI is InChI=1S/C14H25N3O4/c1-3-10(2)16-4-6-17(7-5-16)14(20)15-12-9-21-8-11(12)13(18)19/h10-12H,3-9H2,1-2H3,(H,15,20)(H,18,19). The molecule has 0 aromatic rings. The number of ether oxygens (including phenoxy) is 1. The highest BCUT2D eigenvalue weighted by atomic mass is 16.5. The fraction of sp³-hybridized carbons (Fsp3) is 0.857. The second-order valence-electron chi connectivity index (χ2n) is 5.82. The van der Waals surface area contributed by atoms with E-state index in [4.69, 9.17) is 9.84 Å². The second-order valence-corrected chi connectivity index (χ2v) is 5.82. The number of rotatable bonds is 4. The Morgan fingerprint density at radius 3 is 2.52 bits per heavy atom. The summed E-state index contributed by atoms with van der Waals surface area (Å²) in [5.74, 6) is -1.56. The van der Waals surface area contributed by atoms with Gasteiger partial charge in [-0.2, -0.15) is 0 Å². The lowest BCUT2D eigenvalue weighted by atomic mass is 10.0. The van der Waals surface area contributed by atoms with Crippen LogP contribution in [0.15, 0.2) is 0 Å². The SMILES string of the molecule is CCC(C)N1CCN(C(=O)NC2COCC2C(=O)O)CC1. The zero-order valence-electron chi connectivity index (χ0n) is 12.7. The third-order valence-electron chi connectivity index (χ3n) is 4.52. The molecular weight excluding hydrogens is 274 g/mol. The lowest BCUT2D eigenvalue weighted by Gasteiger charge is -2.38. The molecule has 21 heavy (non-hydrogen) atoms. The molecular formula is C14H25N3O4. The number of hydrogen-bond donors (Lipinski definition) is 2. The van der Waals surface area contributed by atoms with E-state index >= 15 is 0 Å². The maximum Gasteiger partial charge on any atom is 0.317 e. The Bertz CT molecular complexity index is 382. The van der Waals surface area contributed by atoms with Crippen LogP contribution in [0.1, 0.15) is 20.3 Å². The molecule has 2 rings (SSSR count). The summed E-state index contributed by atoms with van der Waals surface area (Å²) in [4.78, 5) is 27.4. The van der Waals surface area contributed by atoms with E-state index in [2.05, 4.69) is 24.1 Å². The van der Waals surface area contributed by atoms with E-state index in [1.807, 2.05) is 0 Å². The Morgan fingerprint density at radius 1 is 1.29 bits per heavy atom. The number of carbonyl (C=O) groups is 2. The molecule has 3 atom stereocenters. The van der Waals surface area contributed by atoms with Gasteiger partial charge in [-0.25, -0.2) is 4.79 Å². The molecule has 0 bridgehead atoms. The van der Waals surface area contributed by atoms with Crippen molar-refractivity contribution in [3.8, 4) is 0 Å². The second kappa shape index (κ2) is 7.09. The summed E-state index contributed by atoms with van der Waals surface area (Å²) in [6, 6.07) is -0.0713. The number of nitrogens with zero attached hydrogens (tertiary/aromatic N) is 2. The molecule has 7 nitrogen and oxygen atoms in total. The van der Waals surface area contributed by atoms with E-state index in [9.17, 15) is 9.59 Å². The lowest BCUT2D eigenvalue weighted by Crippen LogP contribution is -2.56. The zero-order chi connectivity index (χ0) is 15.4. The molecule has 7 heteroatoms. The summed E-state index contributed by atoms with van der Waals surface area (Å²) < 4.78 is 5.16. The molecule has 0 radical (unpaired) electrons. The van der Waals surface area contributed by atoms with Gasteiger partial charge in [-0.1, -0.05) is 6.92 Å². The predicted octanol–water partition coefficient (Wildman–Crippen LogP) is 0.212. The first-order chi connectivity index (χ1) is 10.0. The number of piperazine rings is 1. The fourth-order valence-electron chi connectivity index (χ4n) is 2.81. The number of carboxylic acids is 1. The molecule has 0 saturated carbocycles. The topological polar surface area (TPSA) is 82.1 Å². The molecule has 3 unspecified atom stereocenters. The summed E-state index contributed by atoms with van der Waals surface area (Å²) in [6.07, 6.45) is 1.10. The summed E-state index contributed by atoms with van der Waals surface area (Å²) in [6.45, 7) is 7.90. The van der Waals surface area contributed by atoms with Crippen molar-refractivity contribution in [3.63, 3.8) is 0 Å². The number of carboxylic acid groups (broad SMARTS) is 1. The van der Waals surface area contributed by atoms with Gasteiger partial charge in [0.25, 0.3) is 0 Å². The summed E-state index contributed by atoms with van der Waals surface area (Å²) in [5.41, 5.74) is 0. The van der Waals surface area contributed by atoms with Crippen LogP contribution in [0.4, 0.5) is 4.79 Å². The van der Waals surface area contributed by atoms with E-state index in [0.717, 1.165) is 19.5 Å². The maximum atomic E-state index is 12.2. The first-order valence-electron chi connectivity index (χ1n) is 7.63. The molecule has 2 heterocycles. The number of aliphatic carboxylic acids is 1. The van der Waals surface area contributed by atoms with Crippen LogP contribution in [0.25, 0.3) is 0 Å². The van der Waals surface area contributed by atoms with E-state index < -0.39 is 17.9 Å². The molecule has 0 aromatic heterocycles. The molecule has 2 saturated heterocycles. The van der Waals surface area contributed by atoms with E-state index in [1.165, 1.54) is 0 Å². The Labute approximate surface area is 125 Å². The quantitative estimate of drug-likeness (QED) is 0.775. The van der Waals surface area contributed by atoms with E-state index in [0.29, 0.717) is 19.1 Å². The maximum absolute atomic E-state index is 12.2.